The van der Waals surface area contributed by atoms with Gasteiger partial charge in [0.1, 0.15) is 0 Å². The van der Waals surface area contributed by atoms with E-state index in [0.717, 1.165) is 0 Å². The van der Waals surface area contributed by atoms with Crippen LogP contribution in [0.4, 0.5) is 0 Å². The zero-order chi connectivity index (χ0) is 13.7. The zero-order valence-corrected chi connectivity index (χ0v) is 10.8. The van der Waals surface area contributed by atoms with Gasteiger partial charge in [-0.3, -0.25) is 4.68 Å². The quantitative estimate of drug-likeness (QED) is 0.872. The lowest BCUT2D eigenvalue weighted by atomic mass is 10.2. The van der Waals surface area contributed by atoms with Crippen molar-refractivity contribution >= 4 is 10.0 Å². The first-order valence-electron chi connectivity index (χ1n) is 5.59. The van der Waals surface area contributed by atoms with E-state index in [2.05, 4.69) is 9.82 Å². The second kappa shape index (κ2) is 5.65. The van der Waals surface area contributed by atoms with Gasteiger partial charge in [0.05, 0.1) is 23.1 Å². The van der Waals surface area contributed by atoms with Crippen LogP contribution in [0, 0.1) is 11.3 Å². The van der Waals surface area contributed by atoms with E-state index in [1.165, 1.54) is 24.3 Å². The second-order valence-electron chi connectivity index (χ2n) is 3.80. The monoisotopic (exact) mass is 276 g/mol. The van der Waals surface area contributed by atoms with E-state index in [9.17, 15) is 8.42 Å². The predicted octanol–water partition coefficient (Wildman–Crippen LogP) is 0.733. The van der Waals surface area contributed by atoms with Crippen LogP contribution in [0.2, 0.25) is 0 Å². The highest BCUT2D eigenvalue weighted by Gasteiger charge is 2.12. The number of nitrogens with one attached hydrogen (secondary N) is 1. The minimum Gasteiger partial charge on any atom is -0.271 e. The van der Waals surface area contributed by atoms with Crippen LogP contribution in [0.3, 0.4) is 0 Å². The van der Waals surface area contributed by atoms with E-state index in [-0.39, 0.29) is 11.4 Å². The molecule has 19 heavy (non-hydrogen) atoms. The molecule has 1 aromatic heterocycles. The van der Waals surface area contributed by atoms with Gasteiger partial charge in [-0.05, 0) is 30.3 Å². The van der Waals surface area contributed by atoms with Gasteiger partial charge in [-0.2, -0.15) is 10.4 Å². The molecule has 0 bridgehead atoms. The van der Waals surface area contributed by atoms with Crippen molar-refractivity contribution in [2.75, 3.05) is 6.54 Å². The molecule has 0 aliphatic rings. The Morgan fingerprint density at radius 1 is 1.32 bits per heavy atom. The van der Waals surface area contributed by atoms with Crippen molar-refractivity contribution in [1.29, 1.82) is 5.26 Å². The summed E-state index contributed by atoms with van der Waals surface area (Å²) in [5, 5.41) is 12.6. The SMILES string of the molecule is N#Cc1ccc(S(=O)(=O)NCCn2cccn2)cc1. The first-order valence-corrected chi connectivity index (χ1v) is 7.07. The van der Waals surface area contributed by atoms with E-state index in [4.69, 9.17) is 5.26 Å². The second-order valence-corrected chi connectivity index (χ2v) is 5.57. The number of rotatable bonds is 5. The number of hydrogen-bond acceptors (Lipinski definition) is 4. The molecule has 1 heterocycles. The van der Waals surface area contributed by atoms with Crippen molar-refractivity contribution in [2.45, 2.75) is 11.4 Å². The summed E-state index contributed by atoms with van der Waals surface area (Å²) in [5.74, 6) is 0. The van der Waals surface area contributed by atoms with E-state index in [1.54, 1.807) is 23.1 Å². The van der Waals surface area contributed by atoms with Crippen LogP contribution in [0.25, 0.3) is 0 Å². The molecular formula is C12H12N4O2S. The Morgan fingerprint density at radius 3 is 2.63 bits per heavy atom. The standard InChI is InChI=1S/C12H12N4O2S/c13-10-11-2-4-12(5-3-11)19(17,18)15-7-9-16-8-1-6-14-16/h1-6,8,15H,7,9H2. The number of benzene rings is 1. The number of aromatic nitrogens is 2. The van der Waals surface area contributed by atoms with E-state index >= 15 is 0 Å². The summed E-state index contributed by atoms with van der Waals surface area (Å²) in [5.41, 5.74) is 0.426. The van der Waals surface area contributed by atoms with Crippen LogP contribution in [-0.2, 0) is 16.6 Å². The van der Waals surface area contributed by atoms with Crippen molar-refractivity contribution in [1.82, 2.24) is 14.5 Å². The summed E-state index contributed by atoms with van der Waals surface area (Å²) in [6.07, 6.45) is 3.39. The van der Waals surface area contributed by atoms with Crippen LogP contribution in [0.15, 0.2) is 47.6 Å². The highest BCUT2D eigenvalue weighted by Crippen LogP contribution is 2.09. The van der Waals surface area contributed by atoms with Gasteiger partial charge in [0.25, 0.3) is 0 Å². The summed E-state index contributed by atoms with van der Waals surface area (Å²) < 4.78 is 28.0. The molecule has 1 N–H and O–H groups in total. The van der Waals surface area contributed by atoms with Crippen molar-refractivity contribution in [2.24, 2.45) is 0 Å². The van der Waals surface area contributed by atoms with Gasteiger partial charge in [-0.1, -0.05) is 0 Å². The van der Waals surface area contributed by atoms with Gasteiger partial charge >= 0.3 is 0 Å². The topological polar surface area (TPSA) is 87.8 Å². The summed E-state index contributed by atoms with van der Waals surface area (Å²) in [6, 6.07) is 9.48. The Balaban J connectivity index is 1.99. The van der Waals surface area contributed by atoms with E-state index < -0.39 is 10.0 Å². The fourth-order valence-corrected chi connectivity index (χ4v) is 2.54. The molecule has 7 heteroatoms. The van der Waals surface area contributed by atoms with Crippen molar-refractivity contribution < 1.29 is 8.42 Å². The van der Waals surface area contributed by atoms with Crippen LogP contribution in [-0.4, -0.2) is 24.7 Å². The Morgan fingerprint density at radius 2 is 2.05 bits per heavy atom. The predicted molar refractivity (Wildman–Crippen MR) is 68.6 cm³/mol. The molecule has 0 aliphatic carbocycles. The van der Waals surface area contributed by atoms with Gasteiger partial charge in [-0.25, -0.2) is 13.1 Å². The average molecular weight is 276 g/mol. The fraction of sp³-hybridized carbons (Fsp3) is 0.167. The maximum absolute atomic E-state index is 11.9. The number of nitriles is 1. The molecule has 0 unspecified atom stereocenters. The number of hydrogen-bond donors (Lipinski definition) is 1. The van der Waals surface area contributed by atoms with E-state index in [0.29, 0.717) is 12.1 Å². The molecule has 0 saturated heterocycles. The maximum Gasteiger partial charge on any atom is 0.240 e. The van der Waals surface area contributed by atoms with Gasteiger partial charge in [0.2, 0.25) is 10.0 Å². The summed E-state index contributed by atoms with van der Waals surface area (Å²) in [6.45, 7) is 0.715. The van der Waals surface area contributed by atoms with Crippen LogP contribution < -0.4 is 4.72 Å². The molecule has 0 saturated carbocycles. The molecule has 6 nitrogen and oxygen atoms in total. The van der Waals surface area contributed by atoms with Crippen LogP contribution in [0.1, 0.15) is 5.56 Å². The normalized spacial score (nSPS) is 11.1. The van der Waals surface area contributed by atoms with Gasteiger partial charge in [0, 0.05) is 18.9 Å². The Hall–Kier alpha value is -2.17. The lowest BCUT2D eigenvalue weighted by molar-refractivity contribution is 0.561. The maximum atomic E-state index is 11.9. The van der Waals surface area contributed by atoms with Crippen molar-refractivity contribution in [3.05, 3.63) is 48.3 Å². The Kier molecular flexibility index (Phi) is 3.94. The minimum atomic E-state index is -3.54. The molecule has 0 spiro atoms. The third-order valence-corrected chi connectivity index (χ3v) is 3.96. The molecule has 1 aromatic carbocycles. The van der Waals surface area contributed by atoms with Gasteiger partial charge < -0.3 is 0 Å². The molecule has 0 amide bonds. The lowest BCUT2D eigenvalue weighted by Crippen LogP contribution is -2.27. The summed E-state index contributed by atoms with van der Waals surface area (Å²) in [7, 11) is -3.54. The molecule has 0 aliphatic heterocycles. The highest BCUT2D eigenvalue weighted by molar-refractivity contribution is 7.89. The Labute approximate surface area is 111 Å². The molecule has 2 rings (SSSR count). The third-order valence-electron chi connectivity index (χ3n) is 2.49. The smallest absolute Gasteiger partial charge is 0.240 e. The number of sulfonamides is 1. The van der Waals surface area contributed by atoms with Crippen molar-refractivity contribution in [3.63, 3.8) is 0 Å². The molecule has 0 radical (unpaired) electrons. The molecule has 0 fully saturated rings. The molecular weight excluding hydrogens is 264 g/mol. The minimum absolute atomic E-state index is 0.145. The zero-order valence-electron chi connectivity index (χ0n) is 10.0. The first-order chi connectivity index (χ1) is 9.12. The van der Waals surface area contributed by atoms with Crippen LogP contribution >= 0.6 is 0 Å². The van der Waals surface area contributed by atoms with Gasteiger partial charge in [0.15, 0.2) is 0 Å². The fourth-order valence-electron chi connectivity index (χ4n) is 1.52. The number of nitrogens with zero attached hydrogens (tertiary/aromatic N) is 3. The van der Waals surface area contributed by atoms with Gasteiger partial charge in [-0.15, -0.1) is 0 Å². The Bertz CT molecular complexity index is 670. The largest absolute Gasteiger partial charge is 0.271 e. The third kappa shape index (κ3) is 3.40. The van der Waals surface area contributed by atoms with Crippen LogP contribution in [0.5, 0.6) is 0 Å². The average Bonchev–Trinajstić information content (AvgIpc) is 2.92. The molecule has 2 aromatic rings. The van der Waals surface area contributed by atoms with E-state index in [1.807, 2.05) is 6.07 Å². The lowest BCUT2D eigenvalue weighted by Gasteiger charge is -2.06. The molecule has 0 atom stereocenters. The molecule has 98 valence electrons. The first kappa shape index (κ1) is 13.3. The highest BCUT2D eigenvalue weighted by atomic mass is 32.2. The van der Waals surface area contributed by atoms with Crippen molar-refractivity contribution in [3.8, 4) is 6.07 Å². The summed E-state index contributed by atoms with van der Waals surface area (Å²) in [4.78, 5) is 0.145. The summed E-state index contributed by atoms with van der Waals surface area (Å²) >= 11 is 0.